The molecule has 0 amide bonds. The van der Waals surface area contributed by atoms with Gasteiger partial charge in [-0.1, -0.05) is 6.07 Å². The number of H-pyrrole nitrogens is 1. The lowest BCUT2D eigenvalue weighted by molar-refractivity contribution is 0.357. The fourth-order valence-electron chi connectivity index (χ4n) is 1.44. The predicted octanol–water partition coefficient (Wildman–Crippen LogP) is 1.58. The third-order valence-corrected chi connectivity index (χ3v) is 2.32. The highest BCUT2D eigenvalue weighted by atomic mass is 16.5. The topological polar surface area (TPSA) is 84.4 Å². The summed E-state index contributed by atoms with van der Waals surface area (Å²) in [5, 5.41) is 9.47. The summed E-state index contributed by atoms with van der Waals surface area (Å²) in [6.07, 6.45) is 1.09. The van der Waals surface area contributed by atoms with Crippen LogP contribution in [0.15, 0.2) is 29.3 Å². The Hall–Kier alpha value is -2.50. The van der Waals surface area contributed by atoms with Crippen LogP contribution in [-0.2, 0) is 0 Å². The molecule has 0 atom stereocenters. The number of hydrogen-bond donors (Lipinski definition) is 2. The molecule has 6 nitrogen and oxygen atoms in total. The van der Waals surface area contributed by atoms with Crippen LogP contribution in [0.1, 0.15) is 5.56 Å². The zero-order valence-electron chi connectivity index (χ0n) is 9.93. The second kappa shape index (κ2) is 4.79. The Morgan fingerprint density at radius 3 is 2.78 bits per heavy atom. The normalized spacial score (nSPS) is 10.1. The smallest absolute Gasteiger partial charge is 0.297 e. The number of hydrogen-bond acceptors (Lipinski definition) is 5. The van der Waals surface area contributed by atoms with Crippen molar-refractivity contribution in [2.75, 3.05) is 7.11 Å². The zero-order chi connectivity index (χ0) is 13.1. The summed E-state index contributed by atoms with van der Waals surface area (Å²) in [5.74, 6) is 0.0654. The molecule has 0 saturated carbocycles. The first-order valence-corrected chi connectivity index (χ1v) is 5.21. The van der Waals surface area contributed by atoms with E-state index in [0.29, 0.717) is 11.5 Å². The molecule has 1 aromatic carbocycles. The van der Waals surface area contributed by atoms with Crippen molar-refractivity contribution in [1.82, 2.24) is 9.97 Å². The van der Waals surface area contributed by atoms with Crippen LogP contribution in [0.3, 0.4) is 0 Å². The standard InChI is InChI=1S/C12H12N2O4/c1-7-3-4-8(9(5-7)17-2)18-10-11(15)13-6-14-12(10)16/h3-6H,1-2H3,(H2,13,14,15,16). The van der Waals surface area contributed by atoms with Crippen LogP contribution in [-0.4, -0.2) is 22.2 Å². The molecule has 2 N–H and O–H groups in total. The average molecular weight is 248 g/mol. The monoisotopic (exact) mass is 248 g/mol. The van der Waals surface area contributed by atoms with Crippen molar-refractivity contribution in [3.63, 3.8) is 0 Å². The van der Waals surface area contributed by atoms with Crippen LogP contribution < -0.4 is 15.0 Å². The first-order chi connectivity index (χ1) is 8.61. The molecule has 1 heterocycles. The van der Waals surface area contributed by atoms with E-state index in [4.69, 9.17) is 9.47 Å². The van der Waals surface area contributed by atoms with Crippen molar-refractivity contribution in [3.8, 4) is 23.1 Å². The summed E-state index contributed by atoms with van der Waals surface area (Å²) in [5.41, 5.74) is 0.425. The van der Waals surface area contributed by atoms with E-state index in [-0.39, 0.29) is 5.75 Å². The molecular weight excluding hydrogens is 236 g/mol. The second-order valence-corrected chi connectivity index (χ2v) is 3.64. The third-order valence-electron chi connectivity index (χ3n) is 2.32. The lowest BCUT2D eigenvalue weighted by atomic mass is 10.2. The number of nitrogens with zero attached hydrogens (tertiary/aromatic N) is 1. The molecule has 1 aromatic heterocycles. The van der Waals surface area contributed by atoms with Crippen molar-refractivity contribution < 1.29 is 14.6 Å². The molecule has 0 spiro atoms. The third kappa shape index (κ3) is 2.27. The van der Waals surface area contributed by atoms with Crippen molar-refractivity contribution in [2.24, 2.45) is 0 Å². The summed E-state index contributed by atoms with van der Waals surface area (Å²) in [4.78, 5) is 17.4. The van der Waals surface area contributed by atoms with Gasteiger partial charge in [0.15, 0.2) is 11.5 Å². The van der Waals surface area contributed by atoms with Crippen molar-refractivity contribution in [3.05, 3.63) is 40.4 Å². The minimum atomic E-state index is -0.565. The summed E-state index contributed by atoms with van der Waals surface area (Å²) in [6, 6.07) is 5.22. The predicted molar refractivity (Wildman–Crippen MR) is 64.3 cm³/mol. The minimum absolute atomic E-state index is 0.264. The molecule has 0 aliphatic carbocycles. The largest absolute Gasteiger partial charge is 0.493 e. The number of benzene rings is 1. The fraction of sp³-hybridized carbons (Fsp3) is 0.167. The molecule has 0 bridgehead atoms. The highest BCUT2D eigenvalue weighted by Gasteiger charge is 2.13. The van der Waals surface area contributed by atoms with Gasteiger partial charge in [0.1, 0.15) is 0 Å². The minimum Gasteiger partial charge on any atom is -0.493 e. The lowest BCUT2D eigenvalue weighted by Crippen LogP contribution is -2.09. The van der Waals surface area contributed by atoms with E-state index < -0.39 is 11.4 Å². The van der Waals surface area contributed by atoms with Gasteiger partial charge in [-0.05, 0) is 24.6 Å². The van der Waals surface area contributed by atoms with Gasteiger partial charge in [0.25, 0.3) is 17.2 Å². The Morgan fingerprint density at radius 2 is 2.11 bits per heavy atom. The van der Waals surface area contributed by atoms with Gasteiger partial charge in [-0.25, -0.2) is 4.98 Å². The molecule has 0 saturated heterocycles. The maximum atomic E-state index is 11.5. The second-order valence-electron chi connectivity index (χ2n) is 3.64. The van der Waals surface area contributed by atoms with Gasteiger partial charge in [0, 0.05) is 0 Å². The molecular formula is C12H12N2O4. The molecule has 0 fully saturated rings. The summed E-state index contributed by atoms with van der Waals surface area (Å²) in [6.45, 7) is 1.90. The number of aromatic amines is 1. The number of rotatable bonds is 3. The van der Waals surface area contributed by atoms with Crippen LogP contribution in [0.4, 0.5) is 0 Å². The molecule has 0 aliphatic heterocycles. The quantitative estimate of drug-likeness (QED) is 0.861. The summed E-state index contributed by atoms with van der Waals surface area (Å²) >= 11 is 0. The molecule has 0 unspecified atom stereocenters. The van der Waals surface area contributed by atoms with Gasteiger partial charge in [0.05, 0.1) is 13.4 Å². The maximum absolute atomic E-state index is 11.5. The van der Waals surface area contributed by atoms with E-state index in [1.165, 1.54) is 7.11 Å². The Bertz CT molecular complexity index is 622. The van der Waals surface area contributed by atoms with Gasteiger partial charge in [-0.15, -0.1) is 0 Å². The number of nitrogens with one attached hydrogen (secondary N) is 1. The Balaban J connectivity index is 2.43. The van der Waals surface area contributed by atoms with Gasteiger partial charge in [-0.2, -0.15) is 0 Å². The molecule has 6 heteroatoms. The highest BCUT2D eigenvalue weighted by Crippen LogP contribution is 2.33. The summed E-state index contributed by atoms with van der Waals surface area (Å²) < 4.78 is 10.5. The molecule has 2 rings (SSSR count). The number of aryl methyl sites for hydroxylation is 1. The molecule has 0 radical (unpaired) electrons. The zero-order valence-corrected chi connectivity index (χ0v) is 9.93. The Labute approximate surface area is 103 Å². The van der Waals surface area contributed by atoms with Gasteiger partial charge >= 0.3 is 0 Å². The Morgan fingerprint density at radius 1 is 1.33 bits per heavy atom. The molecule has 0 aliphatic rings. The average Bonchev–Trinajstić information content (AvgIpc) is 2.35. The van der Waals surface area contributed by atoms with E-state index in [1.807, 2.05) is 6.92 Å². The number of methoxy groups -OCH3 is 1. The van der Waals surface area contributed by atoms with Crippen molar-refractivity contribution in [1.29, 1.82) is 0 Å². The van der Waals surface area contributed by atoms with Crippen LogP contribution in [0.25, 0.3) is 0 Å². The van der Waals surface area contributed by atoms with E-state index in [2.05, 4.69) is 9.97 Å². The molecule has 94 valence electrons. The van der Waals surface area contributed by atoms with Crippen molar-refractivity contribution >= 4 is 0 Å². The van der Waals surface area contributed by atoms with E-state index in [0.717, 1.165) is 11.9 Å². The first kappa shape index (κ1) is 12.0. The maximum Gasteiger partial charge on any atom is 0.297 e. The number of aromatic hydroxyl groups is 1. The van der Waals surface area contributed by atoms with Crippen molar-refractivity contribution in [2.45, 2.75) is 6.92 Å². The highest BCUT2D eigenvalue weighted by molar-refractivity contribution is 5.46. The Kier molecular flexibility index (Phi) is 3.18. The fourth-order valence-corrected chi connectivity index (χ4v) is 1.44. The van der Waals surface area contributed by atoms with E-state index in [1.54, 1.807) is 18.2 Å². The molecule has 2 aromatic rings. The van der Waals surface area contributed by atoms with Gasteiger partial charge in [0.2, 0.25) is 0 Å². The van der Waals surface area contributed by atoms with Crippen LogP contribution in [0, 0.1) is 6.92 Å². The van der Waals surface area contributed by atoms with E-state index >= 15 is 0 Å². The van der Waals surface area contributed by atoms with E-state index in [9.17, 15) is 9.90 Å². The first-order valence-electron chi connectivity index (χ1n) is 5.21. The van der Waals surface area contributed by atoms with Crippen LogP contribution >= 0.6 is 0 Å². The number of aromatic nitrogens is 2. The molecule has 18 heavy (non-hydrogen) atoms. The van der Waals surface area contributed by atoms with Gasteiger partial charge in [-0.3, -0.25) is 4.79 Å². The van der Waals surface area contributed by atoms with Crippen LogP contribution in [0.2, 0.25) is 0 Å². The van der Waals surface area contributed by atoms with Crippen LogP contribution in [0.5, 0.6) is 23.1 Å². The number of ether oxygens (including phenoxy) is 2. The SMILES string of the molecule is COc1cc(C)ccc1Oc1c(O)nc[nH]c1=O. The summed E-state index contributed by atoms with van der Waals surface area (Å²) in [7, 11) is 1.50. The van der Waals surface area contributed by atoms with Gasteiger partial charge < -0.3 is 19.6 Å². The lowest BCUT2D eigenvalue weighted by Gasteiger charge is -2.10.